The summed E-state index contributed by atoms with van der Waals surface area (Å²) in [7, 11) is 3.43. The largest absolute Gasteiger partial charge is 0.497 e. The summed E-state index contributed by atoms with van der Waals surface area (Å²) in [6.07, 6.45) is 0. The van der Waals surface area contributed by atoms with E-state index in [-0.39, 0.29) is 11.4 Å². The van der Waals surface area contributed by atoms with Crippen molar-refractivity contribution in [2.24, 2.45) is 7.05 Å². The number of aromatic nitrogens is 4. The van der Waals surface area contributed by atoms with Gasteiger partial charge in [-0.2, -0.15) is 0 Å². The lowest BCUT2D eigenvalue weighted by atomic mass is 10.2. The van der Waals surface area contributed by atoms with E-state index in [0.29, 0.717) is 11.5 Å². The first-order valence-corrected chi connectivity index (χ1v) is 8.42. The first kappa shape index (κ1) is 16.8. The van der Waals surface area contributed by atoms with Crippen molar-refractivity contribution in [2.45, 2.75) is 6.92 Å². The van der Waals surface area contributed by atoms with Crippen molar-refractivity contribution in [1.29, 1.82) is 0 Å². The molecule has 0 saturated heterocycles. The molecule has 0 aliphatic heterocycles. The molecule has 2 aromatic carbocycles. The Hall–Kier alpha value is -3.61. The van der Waals surface area contributed by atoms with E-state index in [2.05, 4.69) is 10.2 Å². The number of hydrogen-bond acceptors (Lipinski definition) is 5. The number of ether oxygens (including phenoxy) is 1. The minimum atomic E-state index is -0.203. The number of para-hydroxylation sites is 1. The molecular weight excluding hydrogens is 344 g/mol. The van der Waals surface area contributed by atoms with Crippen molar-refractivity contribution in [1.82, 2.24) is 19.6 Å². The van der Waals surface area contributed by atoms with Gasteiger partial charge in [-0.25, -0.2) is 4.68 Å². The fourth-order valence-corrected chi connectivity index (χ4v) is 2.99. The zero-order valence-electron chi connectivity index (χ0n) is 15.2. The molecule has 136 valence electrons. The number of benzene rings is 2. The van der Waals surface area contributed by atoms with Gasteiger partial charge in [-0.05, 0) is 43.3 Å². The third kappa shape index (κ3) is 2.83. The highest BCUT2D eigenvalue weighted by molar-refractivity contribution is 5.60. The second-order valence-electron chi connectivity index (χ2n) is 6.08. The molecule has 0 unspecified atom stereocenters. The minimum Gasteiger partial charge on any atom is -0.497 e. The van der Waals surface area contributed by atoms with E-state index in [1.165, 1.54) is 0 Å². The zero-order chi connectivity index (χ0) is 19.0. The number of nitrogens with zero attached hydrogens (tertiary/aromatic N) is 4. The molecule has 0 fully saturated rings. The third-order valence-electron chi connectivity index (χ3n) is 4.53. The van der Waals surface area contributed by atoms with Crippen LogP contribution in [0.3, 0.4) is 0 Å². The summed E-state index contributed by atoms with van der Waals surface area (Å²) in [6.45, 7) is 1.85. The zero-order valence-corrected chi connectivity index (χ0v) is 15.2. The molecule has 27 heavy (non-hydrogen) atoms. The van der Waals surface area contributed by atoms with Crippen molar-refractivity contribution in [3.63, 3.8) is 0 Å². The molecule has 7 nitrogen and oxygen atoms in total. The second-order valence-corrected chi connectivity index (χ2v) is 6.08. The van der Waals surface area contributed by atoms with Crippen LogP contribution in [0.4, 0.5) is 0 Å². The van der Waals surface area contributed by atoms with E-state index < -0.39 is 0 Å². The predicted octanol–water partition coefficient (Wildman–Crippen LogP) is 3.21. The number of hydrogen-bond donors (Lipinski definition) is 0. The van der Waals surface area contributed by atoms with E-state index in [4.69, 9.17) is 9.15 Å². The second kappa shape index (κ2) is 6.60. The van der Waals surface area contributed by atoms with Gasteiger partial charge in [0.05, 0.1) is 18.5 Å². The summed E-state index contributed by atoms with van der Waals surface area (Å²) in [5.74, 6) is 1.29. The molecule has 4 aromatic rings. The van der Waals surface area contributed by atoms with Crippen LogP contribution in [0.2, 0.25) is 0 Å². The molecule has 0 spiro atoms. The van der Waals surface area contributed by atoms with Gasteiger partial charge in [0.15, 0.2) is 0 Å². The molecule has 0 N–H and O–H groups in total. The molecule has 7 heteroatoms. The molecule has 0 aliphatic rings. The Morgan fingerprint density at radius 2 is 1.63 bits per heavy atom. The third-order valence-corrected chi connectivity index (χ3v) is 4.53. The van der Waals surface area contributed by atoms with Crippen LogP contribution < -0.4 is 10.3 Å². The summed E-state index contributed by atoms with van der Waals surface area (Å²) in [5, 5.41) is 8.20. The van der Waals surface area contributed by atoms with Gasteiger partial charge in [-0.15, -0.1) is 10.2 Å². The first-order valence-electron chi connectivity index (χ1n) is 8.42. The molecule has 0 aliphatic carbocycles. The van der Waals surface area contributed by atoms with Crippen LogP contribution in [-0.2, 0) is 7.05 Å². The molecule has 0 radical (unpaired) electrons. The smallest absolute Gasteiger partial charge is 0.284 e. The summed E-state index contributed by atoms with van der Waals surface area (Å²) in [5.41, 5.74) is 2.47. The van der Waals surface area contributed by atoms with Crippen LogP contribution in [0.5, 0.6) is 5.75 Å². The Bertz CT molecular complexity index is 1140. The van der Waals surface area contributed by atoms with E-state index in [0.717, 1.165) is 22.7 Å². The molecule has 0 amide bonds. The van der Waals surface area contributed by atoms with Gasteiger partial charge in [-0.3, -0.25) is 9.48 Å². The highest BCUT2D eigenvalue weighted by atomic mass is 16.5. The summed E-state index contributed by atoms with van der Waals surface area (Å²) in [6, 6.07) is 16.7. The maximum atomic E-state index is 13.0. The molecular formula is C20H18N4O3. The van der Waals surface area contributed by atoms with E-state index in [1.807, 2.05) is 68.6 Å². The molecule has 2 aromatic heterocycles. The molecule has 2 heterocycles. The van der Waals surface area contributed by atoms with Gasteiger partial charge in [0, 0.05) is 12.6 Å². The Balaban J connectivity index is 1.79. The van der Waals surface area contributed by atoms with Crippen LogP contribution in [-0.4, -0.2) is 26.7 Å². The molecule has 0 saturated carbocycles. The van der Waals surface area contributed by atoms with Crippen molar-refractivity contribution >= 4 is 0 Å². The van der Waals surface area contributed by atoms with Crippen molar-refractivity contribution < 1.29 is 9.15 Å². The normalized spacial score (nSPS) is 10.9. The Morgan fingerprint density at radius 3 is 2.30 bits per heavy atom. The lowest BCUT2D eigenvalue weighted by Crippen LogP contribution is -2.20. The van der Waals surface area contributed by atoms with Gasteiger partial charge in [-0.1, -0.05) is 18.2 Å². The molecule has 0 atom stereocenters. The maximum Gasteiger partial charge on any atom is 0.284 e. The van der Waals surface area contributed by atoms with Gasteiger partial charge in [0.2, 0.25) is 5.89 Å². The highest BCUT2D eigenvalue weighted by Crippen LogP contribution is 2.26. The number of methoxy groups -OCH3 is 1. The predicted molar refractivity (Wildman–Crippen MR) is 101 cm³/mol. The fraction of sp³-hybridized carbons (Fsp3) is 0.150. The lowest BCUT2D eigenvalue weighted by Gasteiger charge is -2.07. The van der Waals surface area contributed by atoms with Crippen LogP contribution >= 0.6 is 0 Å². The Labute approximate surface area is 155 Å². The standard InChI is InChI=1S/C20H18N4O3/c1-13-17(20(25)24(23(13)2)15-7-5-4-6-8-15)19-22-21-18(27-19)14-9-11-16(26-3)12-10-14/h4-12H,1-3H3. The van der Waals surface area contributed by atoms with Crippen LogP contribution in [0.1, 0.15) is 5.69 Å². The van der Waals surface area contributed by atoms with Crippen molar-refractivity contribution in [2.75, 3.05) is 7.11 Å². The summed E-state index contributed by atoms with van der Waals surface area (Å²) < 4.78 is 14.3. The fourth-order valence-electron chi connectivity index (χ4n) is 2.99. The SMILES string of the molecule is COc1ccc(-c2nnc(-c3c(C)n(C)n(-c4ccccc4)c3=O)o2)cc1. The minimum absolute atomic E-state index is 0.202. The topological polar surface area (TPSA) is 75.1 Å². The van der Waals surface area contributed by atoms with E-state index in [1.54, 1.807) is 16.5 Å². The van der Waals surface area contributed by atoms with Crippen LogP contribution in [0, 0.1) is 6.92 Å². The first-order chi connectivity index (χ1) is 13.1. The van der Waals surface area contributed by atoms with Gasteiger partial charge in [0.1, 0.15) is 11.3 Å². The van der Waals surface area contributed by atoms with Gasteiger partial charge >= 0.3 is 0 Å². The average Bonchev–Trinajstić information content (AvgIpc) is 3.26. The lowest BCUT2D eigenvalue weighted by molar-refractivity contribution is 0.415. The van der Waals surface area contributed by atoms with E-state index >= 15 is 0 Å². The van der Waals surface area contributed by atoms with Gasteiger partial charge in [0.25, 0.3) is 11.4 Å². The quantitative estimate of drug-likeness (QED) is 0.557. The summed E-state index contributed by atoms with van der Waals surface area (Å²) in [4.78, 5) is 13.0. The van der Waals surface area contributed by atoms with Crippen molar-refractivity contribution in [3.8, 4) is 34.3 Å². The van der Waals surface area contributed by atoms with E-state index in [9.17, 15) is 4.79 Å². The van der Waals surface area contributed by atoms with Crippen LogP contribution in [0.25, 0.3) is 28.6 Å². The molecule has 0 bridgehead atoms. The van der Waals surface area contributed by atoms with Crippen LogP contribution in [0.15, 0.2) is 63.8 Å². The summed E-state index contributed by atoms with van der Waals surface area (Å²) >= 11 is 0. The Morgan fingerprint density at radius 1 is 0.963 bits per heavy atom. The highest BCUT2D eigenvalue weighted by Gasteiger charge is 2.22. The number of rotatable bonds is 4. The maximum absolute atomic E-state index is 13.0. The van der Waals surface area contributed by atoms with Gasteiger partial charge < -0.3 is 9.15 Å². The van der Waals surface area contributed by atoms with Crippen molar-refractivity contribution in [3.05, 3.63) is 70.6 Å². The Kier molecular flexibility index (Phi) is 4.12. The molecule has 4 rings (SSSR count). The monoisotopic (exact) mass is 362 g/mol. The average molecular weight is 362 g/mol.